The number of anilines is 1. The summed E-state index contributed by atoms with van der Waals surface area (Å²) in [7, 11) is 2.07. The first-order valence-corrected chi connectivity index (χ1v) is 7.75. The summed E-state index contributed by atoms with van der Waals surface area (Å²) in [5.41, 5.74) is 1.38. The molecule has 1 aliphatic rings. The lowest BCUT2D eigenvalue weighted by molar-refractivity contribution is 0.0665. The van der Waals surface area contributed by atoms with E-state index in [1.807, 2.05) is 29.2 Å². The van der Waals surface area contributed by atoms with Crippen LogP contribution in [-0.4, -0.2) is 60.6 Å². The van der Waals surface area contributed by atoms with Crippen molar-refractivity contribution in [1.29, 1.82) is 0 Å². The van der Waals surface area contributed by atoms with Gasteiger partial charge in [0.25, 0.3) is 5.91 Å². The van der Waals surface area contributed by atoms with Gasteiger partial charge in [-0.05, 0) is 31.4 Å². The number of piperazine rings is 1. The molecule has 0 radical (unpaired) electrons. The summed E-state index contributed by atoms with van der Waals surface area (Å²) in [6.45, 7) is 7.53. The highest BCUT2D eigenvalue weighted by Gasteiger charge is 2.22. The monoisotopic (exact) mass is 318 g/mol. The lowest BCUT2D eigenvalue weighted by Gasteiger charge is -2.32. The molecule has 1 aromatic carbocycles. The molecule has 1 heterocycles. The van der Waals surface area contributed by atoms with Gasteiger partial charge in [0.2, 0.25) is 0 Å². The van der Waals surface area contributed by atoms with Crippen LogP contribution in [0.4, 0.5) is 5.69 Å². The Morgan fingerprint density at radius 1 is 1.32 bits per heavy atom. The van der Waals surface area contributed by atoms with Gasteiger partial charge < -0.3 is 20.4 Å². The molecule has 0 aromatic heterocycles. The molecule has 2 rings (SSSR count). The molecule has 0 unspecified atom stereocenters. The van der Waals surface area contributed by atoms with Crippen molar-refractivity contribution in [3.05, 3.63) is 42.5 Å². The first-order valence-electron chi connectivity index (χ1n) is 7.34. The average molecular weight is 318 g/mol. The molecule has 1 aliphatic heterocycles. The van der Waals surface area contributed by atoms with E-state index in [1.54, 1.807) is 6.08 Å². The molecule has 2 N–H and O–H groups in total. The van der Waals surface area contributed by atoms with Gasteiger partial charge in [-0.2, -0.15) is 0 Å². The Hall–Kier alpha value is -1.92. The fraction of sp³-hybridized carbons (Fsp3) is 0.375. The van der Waals surface area contributed by atoms with Crippen LogP contribution in [-0.2, 0) is 0 Å². The number of thiocarbonyl (C=S) groups is 1. The van der Waals surface area contributed by atoms with Crippen molar-refractivity contribution in [1.82, 2.24) is 15.1 Å². The number of nitrogens with one attached hydrogen (secondary N) is 2. The third kappa shape index (κ3) is 4.29. The molecule has 1 amide bonds. The molecular weight excluding hydrogens is 296 g/mol. The largest absolute Gasteiger partial charge is 0.359 e. The van der Waals surface area contributed by atoms with Gasteiger partial charge in [-0.1, -0.05) is 18.2 Å². The van der Waals surface area contributed by atoms with E-state index in [0.29, 0.717) is 17.2 Å². The van der Waals surface area contributed by atoms with Crippen LogP contribution < -0.4 is 10.6 Å². The maximum Gasteiger partial charge on any atom is 0.256 e. The lowest BCUT2D eigenvalue weighted by atomic mass is 10.1. The SMILES string of the molecule is C=CCNC(=S)Nc1ccccc1C(=O)N1CCN(C)CC1. The molecule has 22 heavy (non-hydrogen) atoms. The van der Waals surface area contributed by atoms with Crippen molar-refractivity contribution in [2.45, 2.75) is 0 Å². The Kier molecular flexibility index (Phi) is 5.91. The second-order valence-corrected chi connectivity index (χ2v) is 5.67. The first kappa shape index (κ1) is 16.5. The molecule has 5 nitrogen and oxygen atoms in total. The predicted molar refractivity (Wildman–Crippen MR) is 94.3 cm³/mol. The van der Waals surface area contributed by atoms with Crippen molar-refractivity contribution in [3.8, 4) is 0 Å². The van der Waals surface area contributed by atoms with Crippen LogP contribution in [0.1, 0.15) is 10.4 Å². The van der Waals surface area contributed by atoms with Gasteiger partial charge in [0.05, 0.1) is 11.3 Å². The lowest BCUT2D eigenvalue weighted by Crippen LogP contribution is -2.47. The number of para-hydroxylation sites is 1. The number of likely N-dealkylation sites (N-methyl/N-ethyl adjacent to an activating group) is 1. The maximum absolute atomic E-state index is 12.7. The van der Waals surface area contributed by atoms with Crippen LogP contribution in [0, 0.1) is 0 Å². The van der Waals surface area contributed by atoms with E-state index in [9.17, 15) is 4.79 Å². The zero-order chi connectivity index (χ0) is 15.9. The minimum atomic E-state index is 0.0442. The van der Waals surface area contributed by atoms with Gasteiger partial charge >= 0.3 is 0 Å². The molecule has 0 spiro atoms. The van der Waals surface area contributed by atoms with Gasteiger partial charge in [-0.3, -0.25) is 4.79 Å². The van der Waals surface area contributed by atoms with Crippen molar-refractivity contribution in [2.24, 2.45) is 0 Å². The fourth-order valence-corrected chi connectivity index (χ4v) is 2.48. The smallest absolute Gasteiger partial charge is 0.256 e. The van der Waals surface area contributed by atoms with Gasteiger partial charge in [-0.25, -0.2) is 0 Å². The van der Waals surface area contributed by atoms with Gasteiger partial charge in [0.15, 0.2) is 5.11 Å². The quantitative estimate of drug-likeness (QED) is 0.651. The number of carbonyl (C=O) groups excluding carboxylic acids is 1. The first-order chi connectivity index (χ1) is 10.6. The van der Waals surface area contributed by atoms with Gasteiger partial charge in [0.1, 0.15) is 0 Å². The standard InChI is InChI=1S/C16H22N4OS/c1-3-8-17-16(22)18-14-7-5-4-6-13(14)15(21)20-11-9-19(2)10-12-20/h3-7H,1,8-12H2,2H3,(H2,17,18,22). The molecule has 6 heteroatoms. The van der Waals surface area contributed by atoms with E-state index in [1.165, 1.54) is 0 Å². The summed E-state index contributed by atoms with van der Waals surface area (Å²) < 4.78 is 0. The predicted octanol–water partition coefficient (Wildman–Crippen LogP) is 1.55. The molecule has 0 saturated carbocycles. The molecule has 1 fully saturated rings. The highest BCUT2D eigenvalue weighted by atomic mass is 32.1. The number of hydrogen-bond acceptors (Lipinski definition) is 3. The van der Waals surface area contributed by atoms with Crippen molar-refractivity contribution in [3.63, 3.8) is 0 Å². The number of amides is 1. The summed E-state index contributed by atoms with van der Waals surface area (Å²) in [5.74, 6) is 0.0442. The van der Waals surface area contributed by atoms with E-state index >= 15 is 0 Å². The Labute approximate surface area is 137 Å². The summed E-state index contributed by atoms with van der Waals surface area (Å²) in [6, 6.07) is 7.46. The normalized spacial score (nSPS) is 15.2. The van der Waals surface area contributed by atoms with Crippen LogP contribution in [0.5, 0.6) is 0 Å². The number of hydrogen-bond donors (Lipinski definition) is 2. The summed E-state index contributed by atoms with van der Waals surface area (Å²) in [6.07, 6.45) is 1.73. The van der Waals surface area contributed by atoms with Crippen LogP contribution in [0.25, 0.3) is 0 Å². The number of benzene rings is 1. The van der Waals surface area contributed by atoms with Crippen molar-refractivity contribution < 1.29 is 4.79 Å². The molecule has 1 saturated heterocycles. The zero-order valence-electron chi connectivity index (χ0n) is 12.8. The zero-order valence-corrected chi connectivity index (χ0v) is 13.7. The Bertz CT molecular complexity index is 553. The highest BCUT2D eigenvalue weighted by Crippen LogP contribution is 2.18. The van der Waals surface area contributed by atoms with Crippen LogP contribution in [0.3, 0.4) is 0 Å². The van der Waals surface area contributed by atoms with Crippen LogP contribution in [0.2, 0.25) is 0 Å². The minimum Gasteiger partial charge on any atom is -0.359 e. The molecule has 0 atom stereocenters. The minimum absolute atomic E-state index is 0.0442. The Morgan fingerprint density at radius 3 is 2.68 bits per heavy atom. The molecule has 0 bridgehead atoms. The van der Waals surface area contributed by atoms with E-state index in [0.717, 1.165) is 31.9 Å². The Morgan fingerprint density at radius 2 is 2.00 bits per heavy atom. The summed E-state index contributed by atoms with van der Waals surface area (Å²) in [5, 5.41) is 6.58. The van der Waals surface area contributed by atoms with E-state index in [2.05, 4.69) is 29.2 Å². The maximum atomic E-state index is 12.7. The van der Waals surface area contributed by atoms with E-state index < -0.39 is 0 Å². The number of nitrogens with zero attached hydrogens (tertiary/aromatic N) is 2. The van der Waals surface area contributed by atoms with E-state index in [-0.39, 0.29) is 5.91 Å². The second-order valence-electron chi connectivity index (χ2n) is 5.26. The van der Waals surface area contributed by atoms with Crippen LogP contribution >= 0.6 is 12.2 Å². The molecular formula is C16H22N4OS. The third-order valence-corrected chi connectivity index (χ3v) is 3.85. The number of rotatable bonds is 4. The Balaban J connectivity index is 2.08. The van der Waals surface area contributed by atoms with Crippen LogP contribution in [0.15, 0.2) is 36.9 Å². The molecule has 118 valence electrons. The van der Waals surface area contributed by atoms with Crippen molar-refractivity contribution in [2.75, 3.05) is 45.1 Å². The summed E-state index contributed by atoms with van der Waals surface area (Å²) >= 11 is 5.22. The van der Waals surface area contributed by atoms with E-state index in [4.69, 9.17) is 12.2 Å². The summed E-state index contributed by atoms with van der Waals surface area (Å²) in [4.78, 5) is 16.8. The molecule has 0 aliphatic carbocycles. The second kappa shape index (κ2) is 7.91. The third-order valence-electron chi connectivity index (χ3n) is 3.60. The average Bonchev–Trinajstić information content (AvgIpc) is 2.53. The molecule has 1 aromatic rings. The van der Waals surface area contributed by atoms with Gasteiger partial charge in [0, 0.05) is 32.7 Å². The fourth-order valence-electron chi connectivity index (χ4n) is 2.29. The van der Waals surface area contributed by atoms with Crippen molar-refractivity contribution >= 4 is 28.9 Å². The topological polar surface area (TPSA) is 47.6 Å². The highest BCUT2D eigenvalue weighted by molar-refractivity contribution is 7.80. The number of carbonyl (C=O) groups is 1. The van der Waals surface area contributed by atoms with Gasteiger partial charge in [-0.15, -0.1) is 6.58 Å².